The van der Waals surface area contributed by atoms with Crippen molar-refractivity contribution in [3.05, 3.63) is 93.9 Å². The Morgan fingerprint density at radius 3 is 2.70 bits per heavy atom. The van der Waals surface area contributed by atoms with Crippen molar-refractivity contribution in [2.75, 3.05) is 0 Å². The molecule has 0 aromatic heterocycles. The summed E-state index contributed by atoms with van der Waals surface area (Å²) in [4.78, 5) is 4.47. The van der Waals surface area contributed by atoms with E-state index in [1.54, 1.807) is 6.08 Å². The van der Waals surface area contributed by atoms with E-state index in [0.717, 1.165) is 60.2 Å². The summed E-state index contributed by atoms with van der Waals surface area (Å²) >= 11 is 0. The molecule has 4 aliphatic rings. The average molecular weight is 431 g/mol. The molecule has 3 heteroatoms. The van der Waals surface area contributed by atoms with E-state index in [2.05, 4.69) is 41.4 Å². The number of hydrogen-bond donors (Lipinski definition) is 2. The standard InChI is InChI=1S/C18H18O.C12H8N2/c19-18-7-3-6-14-16-9-8-12-4-1-2-5-13(12)15(16)10-11-17(14)18;13-8-5-6-12-10(7-8)9-3-1-2-4-11(9)14-12/h4-5,8-11,18-19H,1-3,6-7H2;1-7,13H. The largest absolute Gasteiger partial charge is 0.388 e. The van der Waals surface area contributed by atoms with Gasteiger partial charge in [-0.2, -0.15) is 0 Å². The van der Waals surface area contributed by atoms with Crippen molar-refractivity contribution in [2.45, 2.75) is 38.2 Å². The van der Waals surface area contributed by atoms with Crippen LogP contribution in [0.3, 0.4) is 0 Å². The fourth-order valence-electron chi connectivity index (χ4n) is 5.39. The van der Waals surface area contributed by atoms with Gasteiger partial charge in [0, 0.05) is 11.1 Å². The van der Waals surface area contributed by atoms with Crippen LogP contribution in [0.1, 0.15) is 48.5 Å². The summed E-state index contributed by atoms with van der Waals surface area (Å²) in [5.41, 5.74) is 7.26. The predicted octanol–water partition coefficient (Wildman–Crippen LogP) is 5.31. The maximum Gasteiger partial charge on any atom is 0.0793 e. The number of aryl methyl sites for hydroxylation is 1. The predicted molar refractivity (Wildman–Crippen MR) is 138 cm³/mol. The van der Waals surface area contributed by atoms with Crippen LogP contribution >= 0.6 is 0 Å². The molecule has 2 N–H and O–H groups in total. The summed E-state index contributed by atoms with van der Waals surface area (Å²) < 4.78 is 0. The molecule has 33 heavy (non-hydrogen) atoms. The molecule has 0 amide bonds. The van der Waals surface area contributed by atoms with Gasteiger partial charge in [-0.25, -0.2) is 4.99 Å². The van der Waals surface area contributed by atoms with Crippen LogP contribution in [0.25, 0.3) is 28.5 Å². The lowest BCUT2D eigenvalue weighted by molar-refractivity contribution is 0.157. The number of nitrogens with zero attached hydrogens (tertiary/aromatic N) is 1. The lowest BCUT2D eigenvalue weighted by Crippen LogP contribution is -2.27. The van der Waals surface area contributed by atoms with Gasteiger partial charge in [0.1, 0.15) is 0 Å². The second kappa shape index (κ2) is 8.09. The zero-order chi connectivity index (χ0) is 22.4. The SMILES string of the molecule is N=C1C=CC2=Nc3ccccc3C2=C1.OC1CCCc2c1ccc1c3c(ccc21)=CCCC=3. The number of allylic oxidation sites excluding steroid dienone is 4. The topological polar surface area (TPSA) is 56.4 Å². The molecule has 0 saturated carbocycles. The summed E-state index contributed by atoms with van der Waals surface area (Å²) in [5, 5.41) is 23.2. The van der Waals surface area contributed by atoms with E-state index in [1.807, 2.05) is 36.4 Å². The molecule has 0 saturated heterocycles. The van der Waals surface area contributed by atoms with E-state index in [-0.39, 0.29) is 6.10 Å². The van der Waals surface area contributed by atoms with Crippen LogP contribution in [0.15, 0.2) is 71.8 Å². The lowest BCUT2D eigenvalue weighted by Gasteiger charge is -2.23. The highest BCUT2D eigenvalue weighted by Gasteiger charge is 2.21. The van der Waals surface area contributed by atoms with E-state index in [9.17, 15) is 5.11 Å². The van der Waals surface area contributed by atoms with Crippen molar-refractivity contribution in [1.29, 1.82) is 5.41 Å². The molecule has 1 heterocycles. The van der Waals surface area contributed by atoms with Crippen molar-refractivity contribution >= 4 is 45.6 Å². The van der Waals surface area contributed by atoms with Gasteiger partial charge in [0.2, 0.25) is 0 Å². The first-order valence-electron chi connectivity index (χ1n) is 11.8. The van der Waals surface area contributed by atoms with E-state index in [4.69, 9.17) is 5.41 Å². The third-order valence-electron chi connectivity index (χ3n) is 7.00. The normalized spacial score (nSPS) is 19.5. The Bertz CT molecular complexity index is 1520. The van der Waals surface area contributed by atoms with Crippen molar-refractivity contribution in [3.8, 4) is 0 Å². The smallest absolute Gasteiger partial charge is 0.0793 e. The summed E-state index contributed by atoms with van der Waals surface area (Å²) in [6.45, 7) is 0. The van der Waals surface area contributed by atoms with Gasteiger partial charge in [-0.1, -0.05) is 54.6 Å². The lowest BCUT2D eigenvalue weighted by atomic mass is 9.85. The zero-order valence-electron chi connectivity index (χ0n) is 18.5. The molecule has 3 aromatic carbocycles. The fourth-order valence-corrected chi connectivity index (χ4v) is 5.39. The first-order chi connectivity index (χ1) is 16.2. The van der Waals surface area contributed by atoms with E-state index < -0.39 is 0 Å². The Morgan fingerprint density at radius 1 is 0.909 bits per heavy atom. The monoisotopic (exact) mass is 430 g/mol. The van der Waals surface area contributed by atoms with Crippen LogP contribution in [0, 0.1) is 5.41 Å². The molecule has 162 valence electrons. The Labute approximate surface area is 193 Å². The number of benzene rings is 3. The van der Waals surface area contributed by atoms with Crippen LogP contribution in [0.2, 0.25) is 0 Å². The maximum atomic E-state index is 10.1. The number of fused-ring (bicyclic) bond motifs is 8. The van der Waals surface area contributed by atoms with Gasteiger partial charge in [0.25, 0.3) is 0 Å². The second-order valence-electron chi connectivity index (χ2n) is 9.05. The molecule has 1 unspecified atom stereocenters. The third kappa shape index (κ3) is 3.49. The molecule has 0 fully saturated rings. The van der Waals surface area contributed by atoms with E-state index in [0.29, 0.717) is 5.71 Å². The van der Waals surface area contributed by atoms with E-state index in [1.165, 1.54) is 26.8 Å². The number of aliphatic hydroxyl groups excluding tert-OH is 1. The molecule has 0 bridgehead atoms. The fraction of sp³-hybridized carbons (Fsp3) is 0.200. The molecular formula is C30H26N2O. The van der Waals surface area contributed by atoms with Crippen LogP contribution < -0.4 is 10.4 Å². The first kappa shape index (κ1) is 20.1. The van der Waals surface area contributed by atoms with Gasteiger partial charge in [-0.05, 0) is 88.7 Å². The van der Waals surface area contributed by atoms with Gasteiger partial charge < -0.3 is 10.5 Å². The van der Waals surface area contributed by atoms with Crippen molar-refractivity contribution < 1.29 is 5.11 Å². The molecule has 0 radical (unpaired) electrons. The summed E-state index contributed by atoms with van der Waals surface area (Å²) in [6, 6.07) is 16.9. The highest BCUT2D eigenvalue weighted by atomic mass is 16.3. The molecule has 1 aliphatic heterocycles. The highest BCUT2D eigenvalue weighted by Crippen LogP contribution is 2.36. The van der Waals surface area contributed by atoms with Gasteiger partial charge >= 0.3 is 0 Å². The van der Waals surface area contributed by atoms with Crippen molar-refractivity contribution in [2.24, 2.45) is 4.99 Å². The molecule has 1 atom stereocenters. The molecular weight excluding hydrogens is 404 g/mol. The Hall–Kier alpha value is -3.56. The van der Waals surface area contributed by atoms with Gasteiger partial charge in [-0.3, -0.25) is 0 Å². The summed E-state index contributed by atoms with van der Waals surface area (Å²) in [6.07, 6.45) is 15.4. The number of hydrogen-bond acceptors (Lipinski definition) is 3. The number of aliphatic hydroxyl groups is 1. The minimum atomic E-state index is -0.264. The third-order valence-corrected chi connectivity index (χ3v) is 7.00. The van der Waals surface area contributed by atoms with Gasteiger partial charge in [0.15, 0.2) is 0 Å². The number of rotatable bonds is 0. The quantitative estimate of drug-likeness (QED) is 0.467. The minimum Gasteiger partial charge on any atom is -0.388 e. The minimum absolute atomic E-state index is 0.264. The average Bonchev–Trinajstić information content (AvgIpc) is 3.22. The van der Waals surface area contributed by atoms with Crippen LogP contribution in [0.5, 0.6) is 0 Å². The highest BCUT2D eigenvalue weighted by molar-refractivity contribution is 6.39. The summed E-state index contributed by atoms with van der Waals surface area (Å²) in [5.74, 6) is 0. The van der Waals surface area contributed by atoms with E-state index >= 15 is 0 Å². The van der Waals surface area contributed by atoms with Crippen molar-refractivity contribution in [3.63, 3.8) is 0 Å². The van der Waals surface area contributed by atoms with Gasteiger partial charge in [-0.15, -0.1) is 0 Å². The molecule has 7 rings (SSSR count). The van der Waals surface area contributed by atoms with Crippen LogP contribution in [-0.2, 0) is 6.42 Å². The van der Waals surface area contributed by atoms with Gasteiger partial charge in [0.05, 0.1) is 23.2 Å². The van der Waals surface area contributed by atoms with Crippen LogP contribution in [-0.4, -0.2) is 16.5 Å². The van der Waals surface area contributed by atoms with Crippen molar-refractivity contribution in [1.82, 2.24) is 0 Å². The number of para-hydroxylation sites is 1. The Morgan fingerprint density at radius 2 is 1.76 bits per heavy atom. The molecule has 3 nitrogen and oxygen atoms in total. The van der Waals surface area contributed by atoms with Crippen LogP contribution in [0.4, 0.5) is 5.69 Å². The molecule has 0 spiro atoms. The molecule has 3 aliphatic carbocycles. The Kier molecular flexibility index (Phi) is 4.92. The molecule has 3 aromatic rings. The first-order valence-corrected chi connectivity index (χ1v) is 11.8. The maximum absolute atomic E-state index is 10.1. The number of aliphatic imine (C=N–C) groups is 1. The number of nitrogens with one attached hydrogen (secondary N) is 1. The second-order valence-corrected chi connectivity index (χ2v) is 9.05. The summed E-state index contributed by atoms with van der Waals surface area (Å²) in [7, 11) is 0. The zero-order valence-corrected chi connectivity index (χ0v) is 18.5. The Balaban J connectivity index is 0.000000131.